The van der Waals surface area contributed by atoms with Crippen molar-refractivity contribution < 1.29 is 23.0 Å². The van der Waals surface area contributed by atoms with Gasteiger partial charge in [0.2, 0.25) is 0 Å². The summed E-state index contributed by atoms with van der Waals surface area (Å²) in [4.78, 5) is 11.3. The maximum Gasteiger partial charge on any atom is 0.387 e. The summed E-state index contributed by atoms with van der Waals surface area (Å²) >= 11 is 0. The predicted octanol–water partition coefficient (Wildman–Crippen LogP) is 2.28. The molecule has 0 fully saturated rings. The minimum Gasteiger partial charge on any atom is -0.466 e. The van der Waals surface area contributed by atoms with Crippen molar-refractivity contribution >= 4 is 11.7 Å². The van der Waals surface area contributed by atoms with Gasteiger partial charge in [-0.15, -0.1) is 0 Å². The maximum atomic E-state index is 12.1. The van der Waals surface area contributed by atoms with Crippen LogP contribution in [-0.4, -0.2) is 19.2 Å². The molecule has 100 valence electrons. The zero-order valence-corrected chi connectivity index (χ0v) is 10.2. The van der Waals surface area contributed by atoms with Crippen LogP contribution in [0.5, 0.6) is 5.75 Å². The fourth-order valence-electron chi connectivity index (χ4n) is 1.51. The molecule has 0 bridgehead atoms. The first-order valence-corrected chi connectivity index (χ1v) is 5.43. The van der Waals surface area contributed by atoms with E-state index in [1.165, 1.54) is 6.07 Å². The zero-order chi connectivity index (χ0) is 13.7. The molecule has 0 radical (unpaired) electrons. The second kappa shape index (κ2) is 6.18. The van der Waals surface area contributed by atoms with Crippen LogP contribution in [-0.2, 0) is 16.0 Å². The quantitative estimate of drug-likeness (QED) is 0.651. The van der Waals surface area contributed by atoms with Crippen molar-refractivity contribution in [2.24, 2.45) is 0 Å². The lowest BCUT2D eigenvalue weighted by molar-refractivity contribution is -0.142. The number of esters is 1. The molecule has 0 aliphatic carbocycles. The third-order valence-electron chi connectivity index (χ3n) is 2.29. The van der Waals surface area contributed by atoms with Crippen molar-refractivity contribution in [1.82, 2.24) is 0 Å². The number of nitrogen functional groups attached to an aromatic ring is 1. The van der Waals surface area contributed by atoms with Crippen molar-refractivity contribution in [2.45, 2.75) is 26.9 Å². The highest BCUT2D eigenvalue weighted by molar-refractivity contribution is 5.75. The molecule has 0 spiro atoms. The lowest BCUT2D eigenvalue weighted by atomic mass is 10.1. The van der Waals surface area contributed by atoms with Gasteiger partial charge in [0.1, 0.15) is 5.75 Å². The summed E-state index contributed by atoms with van der Waals surface area (Å²) in [5.74, 6) is -0.402. The smallest absolute Gasteiger partial charge is 0.387 e. The SMILES string of the molecule is CCOC(=O)Cc1cc(C)c(OC(F)F)cc1N. The van der Waals surface area contributed by atoms with E-state index in [2.05, 4.69) is 4.74 Å². The van der Waals surface area contributed by atoms with E-state index in [1.54, 1.807) is 19.9 Å². The van der Waals surface area contributed by atoms with Gasteiger partial charge < -0.3 is 15.2 Å². The fraction of sp³-hybridized carbons (Fsp3) is 0.417. The molecule has 1 rings (SSSR count). The average molecular weight is 259 g/mol. The van der Waals surface area contributed by atoms with E-state index in [4.69, 9.17) is 10.5 Å². The van der Waals surface area contributed by atoms with Crippen molar-refractivity contribution in [3.8, 4) is 5.75 Å². The van der Waals surface area contributed by atoms with Crippen LogP contribution in [0.25, 0.3) is 0 Å². The van der Waals surface area contributed by atoms with Crippen LogP contribution >= 0.6 is 0 Å². The lowest BCUT2D eigenvalue weighted by Gasteiger charge is -2.12. The van der Waals surface area contributed by atoms with Gasteiger partial charge in [0.25, 0.3) is 0 Å². The minimum atomic E-state index is -2.90. The molecule has 0 atom stereocenters. The van der Waals surface area contributed by atoms with Crippen LogP contribution in [0, 0.1) is 6.92 Å². The number of carbonyl (C=O) groups is 1. The first-order valence-electron chi connectivity index (χ1n) is 5.43. The second-order valence-electron chi connectivity index (χ2n) is 3.68. The maximum absolute atomic E-state index is 12.1. The molecular weight excluding hydrogens is 244 g/mol. The summed E-state index contributed by atoms with van der Waals surface area (Å²) < 4.78 is 33.3. The van der Waals surface area contributed by atoms with E-state index in [1.807, 2.05) is 0 Å². The summed E-state index contributed by atoms with van der Waals surface area (Å²) in [6, 6.07) is 2.83. The van der Waals surface area contributed by atoms with E-state index in [-0.39, 0.29) is 24.5 Å². The molecule has 0 aliphatic rings. The van der Waals surface area contributed by atoms with Crippen LogP contribution in [0.4, 0.5) is 14.5 Å². The van der Waals surface area contributed by atoms with Crippen LogP contribution in [0.1, 0.15) is 18.1 Å². The van der Waals surface area contributed by atoms with Crippen molar-refractivity contribution in [3.63, 3.8) is 0 Å². The molecule has 0 saturated heterocycles. The van der Waals surface area contributed by atoms with Gasteiger partial charge in [-0.25, -0.2) is 0 Å². The molecule has 0 aromatic heterocycles. The Bertz CT molecular complexity index is 436. The number of aryl methyl sites for hydroxylation is 1. The molecule has 18 heavy (non-hydrogen) atoms. The fourth-order valence-corrected chi connectivity index (χ4v) is 1.51. The van der Waals surface area contributed by atoms with Gasteiger partial charge >= 0.3 is 12.6 Å². The van der Waals surface area contributed by atoms with Crippen LogP contribution < -0.4 is 10.5 Å². The zero-order valence-electron chi connectivity index (χ0n) is 10.2. The monoisotopic (exact) mass is 259 g/mol. The van der Waals surface area contributed by atoms with Gasteiger partial charge in [-0.05, 0) is 31.0 Å². The second-order valence-corrected chi connectivity index (χ2v) is 3.68. The number of halogens is 2. The van der Waals surface area contributed by atoms with Crippen molar-refractivity contribution in [3.05, 3.63) is 23.3 Å². The van der Waals surface area contributed by atoms with Crippen molar-refractivity contribution in [2.75, 3.05) is 12.3 Å². The largest absolute Gasteiger partial charge is 0.466 e. The molecular formula is C12H15F2NO3. The highest BCUT2D eigenvalue weighted by atomic mass is 19.3. The predicted molar refractivity (Wildman–Crippen MR) is 62.6 cm³/mol. The summed E-state index contributed by atoms with van der Waals surface area (Å²) in [7, 11) is 0. The summed E-state index contributed by atoms with van der Waals surface area (Å²) in [5.41, 5.74) is 6.93. The Balaban J connectivity index is 2.89. The number of ether oxygens (including phenoxy) is 2. The van der Waals surface area contributed by atoms with E-state index < -0.39 is 12.6 Å². The highest BCUT2D eigenvalue weighted by Crippen LogP contribution is 2.26. The summed E-state index contributed by atoms with van der Waals surface area (Å²) in [5, 5.41) is 0. The first-order chi connectivity index (χ1) is 8.43. The molecule has 6 heteroatoms. The third kappa shape index (κ3) is 3.87. The Hall–Kier alpha value is -1.85. The molecule has 0 saturated carbocycles. The molecule has 0 aliphatic heterocycles. The van der Waals surface area contributed by atoms with Crippen LogP contribution in [0.3, 0.4) is 0 Å². The standard InChI is InChI=1S/C12H15F2NO3/c1-3-17-11(16)5-8-4-7(2)10(6-9(8)15)18-12(13)14/h4,6,12H,3,5,15H2,1-2H3. The van der Waals surface area contributed by atoms with Gasteiger partial charge in [0, 0.05) is 11.8 Å². The normalized spacial score (nSPS) is 10.5. The van der Waals surface area contributed by atoms with E-state index in [9.17, 15) is 13.6 Å². The number of rotatable bonds is 5. The minimum absolute atomic E-state index is 0.00936. The third-order valence-corrected chi connectivity index (χ3v) is 2.29. The molecule has 2 N–H and O–H groups in total. The van der Waals surface area contributed by atoms with Crippen LogP contribution in [0.15, 0.2) is 12.1 Å². The number of hydrogen-bond acceptors (Lipinski definition) is 4. The Morgan fingerprint density at radius 3 is 2.67 bits per heavy atom. The van der Waals surface area contributed by atoms with Crippen LogP contribution in [0.2, 0.25) is 0 Å². The Labute approximate surface area is 104 Å². The number of carbonyl (C=O) groups excluding carboxylic acids is 1. The molecule has 0 amide bonds. The summed E-state index contributed by atoms with van der Waals surface area (Å²) in [6.45, 7) is 0.682. The number of alkyl halides is 2. The molecule has 0 unspecified atom stereocenters. The topological polar surface area (TPSA) is 61.5 Å². The number of hydrogen-bond donors (Lipinski definition) is 1. The van der Waals surface area contributed by atoms with E-state index >= 15 is 0 Å². The van der Waals surface area contributed by atoms with Gasteiger partial charge in [-0.2, -0.15) is 8.78 Å². The number of anilines is 1. The Morgan fingerprint density at radius 2 is 2.11 bits per heavy atom. The van der Waals surface area contributed by atoms with Gasteiger partial charge in [0.05, 0.1) is 13.0 Å². The highest BCUT2D eigenvalue weighted by Gasteiger charge is 2.13. The van der Waals surface area contributed by atoms with Gasteiger partial charge in [-0.1, -0.05) is 0 Å². The Kier molecular flexibility index (Phi) is 4.88. The molecule has 1 aromatic rings. The molecule has 4 nitrogen and oxygen atoms in total. The number of benzene rings is 1. The van der Waals surface area contributed by atoms with E-state index in [0.29, 0.717) is 11.1 Å². The molecule has 0 heterocycles. The van der Waals surface area contributed by atoms with Gasteiger partial charge in [-0.3, -0.25) is 4.79 Å². The number of nitrogens with two attached hydrogens (primary N) is 1. The van der Waals surface area contributed by atoms with Crippen molar-refractivity contribution in [1.29, 1.82) is 0 Å². The summed E-state index contributed by atoms with van der Waals surface area (Å²) in [6.07, 6.45) is 0.00940. The first kappa shape index (κ1) is 14.2. The van der Waals surface area contributed by atoms with E-state index in [0.717, 1.165) is 0 Å². The van der Waals surface area contributed by atoms with Gasteiger partial charge in [0.15, 0.2) is 0 Å². The lowest BCUT2D eigenvalue weighted by Crippen LogP contribution is -2.10. The average Bonchev–Trinajstić information content (AvgIpc) is 2.25. The Morgan fingerprint density at radius 1 is 1.44 bits per heavy atom. The molecule has 1 aromatic carbocycles.